The molecule has 0 saturated carbocycles. The molecule has 3 N–H and O–H groups in total. The van der Waals surface area contributed by atoms with E-state index < -0.39 is 0 Å². The van der Waals surface area contributed by atoms with E-state index in [1.807, 2.05) is 44.2 Å². The van der Waals surface area contributed by atoms with Crippen molar-refractivity contribution in [1.82, 2.24) is 9.88 Å². The standard InChI is InChI=1S/C19H27N5O/c1-14-15(2)25-18(22-14)13-24-10-8-16(9-11-24)12-21-19(20)23-17-6-4-3-5-7-17/h3-7,16H,8-13H2,1-2H3,(H3,20,21,23). The maximum Gasteiger partial charge on any atom is 0.208 e. The number of guanidine groups is 1. The first-order chi connectivity index (χ1) is 12.1. The highest BCUT2D eigenvalue weighted by molar-refractivity contribution is 5.92. The summed E-state index contributed by atoms with van der Waals surface area (Å²) in [5, 5.41) is 3.13. The third-order valence-corrected chi connectivity index (χ3v) is 4.70. The molecule has 0 spiro atoms. The van der Waals surface area contributed by atoms with Crippen molar-refractivity contribution in [2.24, 2.45) is 16.6 Å². The number of nitrogens with two attached hydrogens (primary N) is 1. The van der Waals surface area contributed by atoms with E-state index >= 15 is 0 Å². The topological polar surface area (TPSA) is 79.7 Å². The van der Waals surface area contributed by atoms with Crippen molar-refractivity contribution in [1.29, 1.82) is 0 Å². The molecule has 1 aromatic carbocycles. The summed E-state index contributed by atoms with van der Waals surface area (Å²) in [5.41, 5.74) is 7.93. The monoisotopic (exact) mass is 341 g/mol. The normalized spacial score (nSPS) is 17.0. The van der Waals surface area contributed by atoms with Crippen LogP contribution in [0.1, 0.15) is 30.2 Å². The van der Waals surface area contributed by atoms with Crippen LogP contribution in [0.5, 0.6) is 0 Å². The molecule has 0 atom stereocenters. The second kappa shape index (κ2) is 8.16. The summed E-state index contributed by atoms with van der Waals surface area (Å²) in [4.78, 5) is 11.4. The minimum absolute atomic E-state index is 0.486. The van der Waals surface area contributed by atoms with Crippen molar-refractivity contribution in [2.75, 3.05) is 25.0 Å². The number of nitrogens with zero attached hydrogens (tertiary/aromatic N) is 3. The van der Waals surface area contributed by atoms with Gasteiger partial charge in [0, 0.05) is 12.2 Å². The van der Waals surface area contributed by atoms with Gasteiger partial charge in [-0.05, 0) is 57.8 Å². The van der Waals surface area contributed by atoms with E-state index in [4.69, 9.17) is 10.2 Å². The van der Waals surface area contributed by atoms with Crippen LogP contribution in [0.4, 0.5) is 5.69 Å². The highest BCUT2D eigenvalue weighted by Gasteiger charge is 2.20. The molecule has 0 amide bonds. The summed E-state index contributed by atoms with van der Waals surface area (Å²) in [6.45, 7) is 7.61. The lowest BCUT2D eigenvalue weighted by molar-refractivity contribution is 0.166. The van der Waals surface area contributed by atoms with Crippen LogP contribution in [0, 0.1) is 19.8 Å². The van der Waals surface area contributed by atoms with Gasteiger partial charge in [-0.15, -0.1) is 0 Å². The summed E-state index contributed by atoms with van der Waals surface area (Å²) in [7, 11) is 0. The number of anilines is 1. The van der Waals surface area contributed by atoms with E-state index in [1.54, 1.807) is 0 Å². The van der Waals surface area contributed by atoms with Gasteiger partial charge in [0.1, 0.15) is 5.76 Å². The van der Waals surface area contributed by atoms with Crippen LogP contribution in [0.2, 0.25) is 0 Å². The maximum atomic E-state index is 5.98. The number of nitrogens with one attached hydrogen (secondary N) is 1. The van der Waals surface area contributed by atoms with Crippen molar-refractivity contribution < 1.29 is 4.42 Å². The summed E-state index contributed by atoms with van der Waals surface area (Å²) >= 11 is 0. The Hall–Kier alpha value is -2.34. The molecule has 0 radical (unpaired) electrons. The lowest BCUT2D eigenvalue weighted by atomic mass is 9.97. The third-order valence-electron chi connectivity index (χ3n) is 4.70. The number of benzene rings is 1. The molecule has 1 fully saturated rings. The predicted octanol–water partition coefficient (Wildman–Crippen LogP) is 2.93. The fourth-order valence-corrected chi connectivity index (χ4v) is 3.06. The second-order valence-electron chi connectivity index (χ2n) is 6.69. The lowest BCUT2D eigenvalue weighted by Crippen LogP contribution is -2.34. The van der Waals surface area contributed by atoms with Crippen molar-refractivity contribution in [3.63, 3.8) is 0 Å². The first-order valence-electron chi connectivity index (χ1n) is 8.87. The molecular weight excluding hydrogens is 314 g/mol. The summed E-state index contributed by atoms with van der Waals surface area (Å²) in [6, 6.07) is 9.89. The van der Waals surface area contributed by atoms with Gasteiger partial charge >= 0.3 is 0 Å². The first-order valence-corrected chi connectivity index (χ1v) is 8.87. The van der Waals surface area contributed by atoms with Gasteiger partial charge in [0.25, 0.3) is 0 Å². The number of rotatable bonds is 5. The molecule has 1 aromatic heterocycles. The number of piperidine rings is 1. The van der Waals surface area contributed by atoms with Gasteiger partial charge in [0.05, 0.1) is 12.2 Å². The van der Waals surface area contributed by atoms with E-state index in [9.17, 15) is 0 Å². The third kappa shape index (κ3) is 5.06. The number of oxazole rings is 1. The Morgan fingerprint density at radius 2 is 2.00 bits per heavy atom. The zero-order valence-electron chi connectivity index (χ0n) is 15.0. The molecule has 0 unspecified atom stereocenters. The van der Waals surface area contributed by atoms with Crippen molar-refractivity contribution in [2.45, 2.75) is 33.2 Å². The highest BCUT2D eigenvalue weighted by Crippen LogP contribution is 2.20. The van der Waals surface area contributed by atoms with Gasteiger partial charge in [-0.1, -0.05) is 18.2 Å². The summed E-state index contributed by atoms with van der Waals surface area (Å²) in [5.74, 6) is 2.81. The molecule has 1 saturated heterocycles. The molecule has 1 aliphatic rings. The minimum atomic E-state index is 0.486. The van der Waals surface area contributed by atoms with E-state index in [0.717, 1.165) is 62.1 Å². The van der Waals surface area contributed by atoms with E-state index in [2.05, 4.69) is 20.2 Å². The van der Waals surface area contributed by atoms with Crippen LogP contribution in [0.25, 0.3) is 0 Å². The number of likely N-dealkylation sites (tertiary alicyclic amines) is 1. The molecule has 0 aliphatic carbocycles. The highest BCUT2D eigenvalue weighted by atomic mass is 16.4. The number of hydrogen-bond donors (Lipinski definition) is 2. The first kappa shape index (κ1) is 17.5. The van der Waals surface area contributed by atoms with Crippen LogP contribution < -0.4 is 11.1 Å². The second-order valence-corrected chi connectivity index (χ2v) is 6.69. The number of para-hydroxylation sites is 1. The molecule has 25 heavy (non-hydrogen) atoms. The molecule has 6 heteroatoms. The van der Waals surface area contributed by atoms with Gasteiger partial charge in [-0.3, -0.25) is 9.89 Å². The molecule has 2 aromatic rings. The Morgan fingerprint density at radius 3 is 2.64 bits per heavy atom. The Labute approximate surface area is 149 Å². The molecule has 134 valence electrons. The Bertz CT molecular complexity index is 682. The summed E-state index contributed by atoms with van der Waals surface area (Å²) in [6.07, 6.45) is 2.25. The van der Waals surface area contributed by atoms with Gasteiger partial charge in [-0.2, -0.15) is 0 Å². The largest absolute Gasteiger partial charge is 0.444 e. The SMILES string of the molecule is Cc1nc(CN2CCC(CN=C(N)Nc3ccccc3)CC2)oc1C. The van der Waals surface area contributed by atoms with E-state index in [1.165, 1.54) is 0 Å². The number of hydrogen-bond acceptors (Lipinski definition) is 4. The average Bonchev–Trinajstić information content (AvgIpc) is 2.92. The number of aromatic nitrogens is 1. The van der Waals surface area contributed by atoms with E-state index in [0.29, 0.717) is 11.9 Å². The van der Waals surface area contributed by atoms with E-state index in [-0.39, 0.29) is 0 Å². The lowest BCUT2D eigenvalue weighted by Gasteiger charge is -2.30. The fourth-order valence-electron chi connectivity index (χ4n) is 3.06. The molecular formula is C19H27N5O. The molecule has 3 rings (SSSR count). The van der Waals surface area contributed by atoms with Crippen molar-refractivity contribution in [3.8, 4) is 0 Å². The Balaban J connectivity index is 1.42. The van der Waals surface area contributed by atoms with Crippen LogP contribution in [0.3, 0.4) is 0 Å². The van der Waals surface area contributed by atoms with Crippen LogP contribution >= 0.6 is 0 Å². The Morgan fingerprint density at radius 1 is 1.28 bits per heavy atom. The molecule has 0 bridgehead atoms. The number of aliphatic imine (C=N–C) groups is 1. The van der Waals surface area contributed by atoms with Gasteiger partial charge in [0.2, 0.25) is 5.89 Å². The fraction of sp³-hybridized carbons (Fsp3) is 0.474. The average molecular weight is 341 g/mol. The number of aryl methyl sites for hydroxylation is 2. The minimum Gasteiger partial charge on any atom is -0.444 e. The molecule has 6 nitrogen and oxygen atoms in total. The zero-order chi connectivity index (χ0) is 17.6. The van der Waals surface area contributed by atoms with Crippen molar-refractivity contribution in [3.05, 3.63) is 47.7 Å². The van der Waals surface area contributed by atoms with Crippen LogP contribution in [0.15, 0.2) is 39.7 Å². The van der Waals surface area contributed by atoms with Crippen molar-refractivity contribution >= 4 is 11.6 Å². The molecule has 2 heterocycles. The molecule has 1 aliphatic heterocycles. The Kier molecular flexibility index (Phi) is 5.71. The van der Waals surface area contributed by atoms with Crippen LogP contribution in [-0.4, -0.2) is 35.5 Å². The quantitative estimate of drug-likeness (QED) is 0.646. The summed E-state index contributed by atoms with van der Waals surface area (Å²) < 4.78 is 5.68. The van der Waals surface area contributed by atoms with Gasteiger partial charge in [-0.25, -0.2) is 4.98 Å². The van der Waals surface area contributed by atoms with Gasteiger partial charge < -0.3 is 15.5 Å². The van der Waals surface area contributed by atoms with Gasteiger partial charge in [0.15, 0.2) is 5.96 Å². The maximum absolute atomic E-state index is 5.98. The smallest absolute Gasteiger partial charge is 0.208 e. The predicted molar refractivity (Wildman–Crippen MR) is 101 cm³/mol. The zero-order valence-corrected chi connectivity index (χ0v) is 15.0. The van der Waals surface area contributed by atoms with Crippen LogP contribution in [-0.2, 0) is 6.54 Å².